The second kappa shape index (κ2) is 10.2. The molecule has 0 spiro atoms. The Bertz CT molecular complexity index is 688. The second-order valence-electron chi connectivity index (χ2n) is 8.03. The fraction of sp³-hybridized carbons (Fsp3) is 0.636. The van der Waals surface area contributed by atoms with Crippen molar-refractivity contribution in [1.82, 2.24) is 10.2 Å². The molecule has 1 N–H and O–H groups in total. The van der Waals surface area contributed by atoms with Crippen LogP contribution in [0.15, 0.2) is 24.3 Å². The normalized spacial score (nSPS) is 26.4. The molecule has 1 amide bonds. The average molecular weight is 402 g/mol. The number of likely N-dealkylation sites (N-methyl/N-ethyl adjacent to an activating group) is 1. The minimum absolute atomic E-state index is 0.00755. The van der Waals surface area contributed by atoms with E-state index in [9.17, 15) is 4.79 Å². The smallest absolute Gasteiger partial charge is 0.224 e. The zero-order valence-corrected chi connectivity index (χ0v) is 17.5. The number of nitriles is 1. The van der Waals surface area contributed by atoms with E-state index < -0.39 is 0 Å². The predicted octanol–water partition coefficient (Wildman–Crippen LogP) is 3.58. The molecule has 5 nitrogen and oxygen atoms in total. The lowest BCUT2D eigenvalue weighted by molar-refractivity contribution is -0.127. The van der Waals surface area contributed by atoms with Gasteiger partial charge in [0.1, 0.15) is 18.9 Å². The van der Waals surface area contributed by atoms with Gasteiger partial charge in [-0.15, -0.1) is 0 Å². The number of amides is 1. The van der Waals surface area contributed by atoms with Crippen LogP contribution in [-0.4, -0.2) is 43.6 Å². The van der Waals surface area contributed by atoms with Gasteiger partial charge in [-0.25, -0.2) is 0 Å². The first-order valence-electron chi connectivity index (χ1n) is 10.4. The van der Waals surface area contributed by atoms with Gasteiger partial charge >= 0.3 is 0 Å². The van der Waals surface area contributed by atoms with Crippen LogP contribution in [0.2, 0.25) is 0 Å². The Hall–Kier alpha value is -1.71. The monoisotopic (exact) mass is 401 g/mol. The number of ether oxygens (including phenoxy) is 1. The molecule has 0 aromatic heterocycles. The fourth-order valence-corrected chi connectivity index (χ4v) is 5.04. The fourth-order valence-electron chi connectivity index (χ4n) is 4.51. The number of likely N-dealkylation sites (tertiary alicyclic amines) is 1. The quantitative estimate of drug-likeness (QED) is 0.541. The van der Waals surface area contributed by atoms with Crippen molar-refractivity contribution in [3.8, 4) is 11.8 Å². The summed E-state index contributed by atoms with van der Waals surface area (Å²) in [6.45, 7) is 1.95. The van der Waals surface area contributed by atoms with Crippen LogP contribution in [0, 0.1) is 23.2 Å². The van der Waals surface area contributed by atoms with Crippen LogP contribution in [0.1, 0.15) is 49.3 Å². The van der Waals surface area contributed by atoms with Gasteiger partial charge in [0.25, 0.3) is 0 Å². The maximum absolute atomic E-state index is 12.5. The molecule has 6 heteroatoms. The van der Waals surface area contributed by atoms with Gasteiger partial charge in [-0.3, -0.25) is 4.79 Å². The van der Waals surface area contributed by atoms with Crippen LogP contribution in [0.4, 0.5) is 0 Å². The topological polar surface area (TPSA) is 65.4 Å². The number of rotatable bonds is 7. The van der Waals surface area contributed by atoms with Crippen molar-refractivity contribution in [3.05, 3.63) is 29.8 Å². The molecule has 1 aliphatic carbocycles. The summed E-state index contributed by atoms with van der Waals surface area (Å²) in [5.74, 6) is 0.996. The Morgan fingerprint density at radius 2 is 2.04 bits per heavy atom. The number of hydrogen-bond acceptors (Lipinski definition) is 5. The highest BCUT2D eigenvalue weighted by molar-refractivity contribution is 7.80. The third-order valence-electron chi connectivity index (χ3n) is 6.24. The summed E-state index contributed by atoms with van der Waals surface area (Å²) in [5, 5.41) is 11.5. The number of nitrogens with one attached hydrogen (secondary N) is 1. The highest BCUT2D eigenvalue weighted by Crippen LogP contribution is 2.42. The molecule has 2 fully saturated rings. The van der Waals surface area contributed by atoms with Gasteiger partial charge in [0.2, 0.25) is 5.91 Å². The zero-order chi connectivity index (χ0) is 19.9. The summed E-state index contributed by atoms with van der Waals surface area (Å²) in [4.78, 5) is 14.8. The van der Waals surface area contributed by atoms with Crippen LogP contribution in [0.5, 0.6) is 5.75 Å². The number of thiol groups is 1. The van der Waals surface area contributed by atoms with E-state index in [1.165, 1.54) is 12.8 Å². The maximum Gasteiger partial charge on any atom is 0.224 e. The molecule has 0 radical (unpaired) electrons. The van der Waals surface area contributed by atoms with E-state index in [2.05, 4.69) is 29.4 Å². The second-order valence-corrected chi connectivity index (χ2v) is 8.59. The molecule has 152 valence electrons. The van der Waals surface area contributed by atoms with Gasteiger partial charge < -0.3 is 15.0 Å². The predicted molar refractivity (Wildman–Crippen MR) is 113 cm³/mol. The van der Waals surface area contributed by atoms with Crippen LogP contribution in [0.25, 0.3) is 0 Å². The van der Waals surface area contributed by atoms with Gasteiger partial charge in [-0.1, -0.05) is 25.0 Å². The minimum Gasteiger partial charge on any atom is -0.492 e. The summed E-state index contributed by atoms with van der Waals surface area (Å²) in [6, 6.07) is 10.7. The first-order chi connectivity index (χ1) is 13.6. The highest BCUT2D eigenvalue weighted by Gasteiger charge is 2.35. The Morgan fingerprint density at radius 1 is 1.29 bits per heavy atom. The zero-order valence-electron chi connectivity index (χ0n) is 16.6. The first-order valence-corrected chi connectivity index (χ1v) is 10.9. The molecule has 1 aliphatic heterocycles. The van der Waals surface area contributed by atoms with Crippen molar-refractivity contribution in [2.75, 3.05) is 26.7 Å². The SMILES string of the molecule is CN1CCCC1COc1ccc(C(S)[C@H]2CCCC[C@@H]2C(=O)NCC#N)cc1. The molecule has 3 rings (SSSR count). The van der Waals surface area contributed by atoms with Crippen molar-refractivity contribution in [3.63, 3.8) is 0 Å². The van der Waals surface area contributed by atoms with Crippen LogP contribution in [-0.2, 0) is 4.79 Å². The van der Waals surface area contributed by atoms with Crippen molar-refractivity contribution in [1.29, 1.82) is 5.26 Å². The van der Waals surface area contributed by atoms with Gasteiger partial charge in [-0.05, 0) is 62.9 Å². The summed E-state index contributed by atoms with van der Waals surface area (Å²) in [7, 11) is 2.16. The molecular weight excluding hydrogens is 370 g/mol. The Labute approximate surface area is 173 Å². The molecule has 2 unspecified atom stereocenters. The molecule has 1 saturated carbocycles. The van der Waals surface area contributed by atoms with Crippen LogP contribution >= 0.6 is 12.6 Å². The van der Waals surface area contributed by atoms with Crippen molar-refractivity contribution < 1.29 is 9.53 Å². The Kier molecular flexibility index (Phi) is 7.64. The number of carbonyl (C=O) groups is 1. The Balaban J connectivity index is 1.60. The molecule has 0 bridgehead atoms. The summed E-state index contributed by atoms with van der Waals surface area (Å²) >= 11 is 4.88. The first kappa shape index (κ1) is 21.0. The molecular formula is C22H31N3O2S. The number of hydrogen-bond donors (Lipinski definition) is 2. The van der Waals surface area contributed by atoms with E-state index >= 15 is 0 Å². The third kappa shape index (κ3) is 5.21. The van der Waals surface area contributed by atoms with Crippen molar-refractivity contribution in [2.45, 2.75) is 49.8 Å². The number of carbonyl (C=O) groups excluding carboxylic acids is 1. The molecule has 2 aliphatic rings. The lowest BCUT2D eigenvalue weighted by atomic mass is 9.75. The van der Waals surface area contributed by atoms with Crippen LogP contribution in [0.3, 0.4) is 0 Å². The molecule has 1 aromatic carbocycles. The van der Waals surface area contributed by atoms with E-state index in [1.54, 1.807) is 0 Å². The summed E-state index contributed by atoms with van der Waals surface area (Å²) < 4.78 is 5.98. The number of nitrogens with zero attached hydrogens (tertiary/aromatic N) is 2. The molecule has 1 saturated heterocycles. The van der Waals surface area contributed by atoms with Gasteiger partial charge in [0, 0.05) is 17.2 Å². The standard InChI is InChI=1S/C22H31N3O2S/c1-25-14-4-5-17(25)15-27-18-10-8-16(9-11-18)21(28)19-6-2-3-7-20(19)22(26)24-13-12-23/h8-11,17,19-21,28H,2-7,13-15H2,1H3,(H,24,26)/t17?,19-,20-,21?/m0/s1. The largest absolute Gasteiger partial charge is 0.492 e. The molecule has 4 atom stereocenters. The molecule has 1 aromatic rings. The van der Waals surface area contributed by atoms with Gasteiger partial charge in [-0.2, -0.15) is 17.9 Å². The van der Waals surface area contributed by atoms with E-state index in [1.807, 2.05) is 18.2 Å². The van der Waals surface area contributed by atoms with E-state index in [0.717, 1.165) is 50.1 Å². The molecule has 1 heterocycles. The van der Waals surface area contributed by atoms with E-state index in [4.69, 9.17) is 22.6 Å². The maximum atomic E-state index is 12.5. The lowest BCUT2D eigenvalue weighted by Gasteiger charge is -2.34. The average Bonchev–Trinajstić information content (AvgIpc) is 3.15. The third-order valence-corrected chi connectivity index (χ3v) is 6.92. The van der Waals surface area contributed by atoms with E-state index in [0.29, 0.717) is 6.04 Å². The van der Waals surface area contributed by atoms with Crippen molar-refractivity contribution in [2.24, 2.45) is 11.8 Å². The van der Waals surface area contributed by atoms with Crippen LogP contribution < -0.4 is 10.1 Å². The Morgan fingerprint density at radius 3 is 2.71 bits per heavy atom. The van der Waals surface area contributed by atoms with Gasteiger partial charge in [0.15, 0.2) is 0 Å². The van der Waals surface area contributed by atoms with E-state index in [-0.39, 0.29) is 29.5 Å². The lowest BCUT2D eigenvalue weighted by Crippen LogP contribution is -2.38. The summed E-state index contributed by atoms with van der Waals surface area (Å²) in [5.41, 5.74) is 1.12. The molecule has 28 heavy (non-hydrogen) atoms. The minimum atomic E-state index is -0.0709. The van der Waals surface area contributed by atoms with Crippen molar-refractivity contribution >= 4 is 18.5 Å². The number of benzene rings is 1. The summed E-state index contributed by atoms with van der Waals surface area (Å²) in [6.07, 6.45) is 6.49. The highest BCUT2D eigenvalue weighted by atomic mass is 32.1. The van der Waals surface area contributed by atoms with Gasteiger partial charge in [0.05, 0.1) is 6.07 Å².